The molecule has 1 rings (SSSR count). The van der Waals surface area contributed by atoms with Crippen LogP contribution in [-0.4, -0.2) is 0 Å². The molecule has 0 aromatic carbocycles. The first-order chi connectivity index (χ1) is 8.08. The maximum atomic E-state index is 8.88. The second-order valence-corrected chi connectivity index (χ2v) is 5.25. The summed E-state index contributed by atoms with van der Waals surface area (Å²) >= 11 is 0. The van der Waals surface area contributed by atoms with Crippen LogP contribution in [0.1, 0.15) is 46.5 Å². The van der Waals surface area contributed by atoms with Crippen LogP contribution < -0.4 is 0 Å². The first-order valence-electron chi connectivity index (χ1n) is 6.58. The van der Waals surface area contributed by atoms with Gasteiger partial charge in [0.1, 0.15) is 0 Å². The van der Waals surface area contributed by atoms with Gasteiger partial charge < -0.3 is 0 Å². The van der Waals surface area contributed by atoms with Gasteiger partial charge in [0.15, 0.2) is 0 Å². The summed E-state index contributed by atoms with van der Waals surface area (Å²) < 4.78 is 0. The molecule has 17 heavy (non-hydrogen) atoms. The SMILES string of the molecule is C=C(C#N)/C=C1/C(CC(C)C)=CCCC1CC. The summed E-state index contributed by atoms with van der Waals surface area (Å²) in [4.78, 5) is 0. The topological polar surface area (TPSA) is 23.8 Å². The van der Waals surface area contributed by atoms with E-state index in [-0.39, 0.29) is 0 Å². The molecule has 1 atom stereocenters. The van der Waals surface area contributed by atoms with E-state index in [1.165, 1.54) is 24.0 Å². The molecule has 0 saturated carbocycles. The Morgan fingerprint density at radius 3 is 2.88 bits per heavy atom. The third-order valence-electron chi connectivity index (χ3n) is 3.31. The molecule has 1 heteroatoms. The van der Waals surface area contributed by atoms with E-state index in [4.69, 9.17) is 5.26 Å². The zero-order valence-electron chi connectivity index (χ0n) is 11.3. The average Bonchev–Trinajstić information content (AvgIpc) is 2.30. The lowest BCUT2D eigenvalue weighted by Gasteiger charge is -2.27. The van der Waals surface area contributed by atoms with Crippen molar-refractivity contribution >= 4 is 0 Å². The molecule has 0 bridgehead atoms. The highest BCUT2D eigenvalue weighted by Crippen LogP contribution is 2.35. The van der Waals surface area contributed by atoms with Crippen LogP contribution >= 0.6 is 0 Å². The maximum Gasteiger partial charge on any atom is 0.0985 e. The Hall–Kier alpha value is -1.29. The van der Waals surface area contributed by atoms with Gasteiger partial charge in [-0.15, -0.1) is 0 Å². The summed E-state index contributed by atoms with van der Waals surface area (Å²) in [6.07, 6.45) is 9.00. The van der Waals surface area contributed by atoms with Crippen LogP contribution in [0.3, 0.4) is 0 Å². The van der Waals surface area contributed by atoms with Crippen molar-refractivity contribution in [3.05, 3.63) is 35.5 Å². The van der Waals surface area contributed by atoms with Crippen molar-refractivity contribution in [3.63, 3.8) is 0 Å². The van der Waals surface area contributed by atoms with Gasteiger partial charge in [-0.2, -0.15) is 5.26 Å². The molecular weight excluding hydrogens is 206 g/mol. The quantitative estimate of drug-likeness (QED) is 0.636. The molecule has 1 aliphatic carbocycles. The zero-order valence-corrected chi connectivity index (χ0v) is 11.3. The second-order valence-electron chi connectivity index (χ2n) is 5.25. The molecule has 0 N–H and O–H groups in total. The summed E-state index contributed by atoms with van der Waals surface area (Å²) in [5, 5.41) is 8.88. The molecule has 0 heterocycles. The van der Waals surface area contributed by atoms with Crippen molar-refractivity contribution in [2.75, 3.05) is 0 Å². The molecular formula is C16H23N. The summed E-state index contributed by atoms with van der Waals surface area (Å²) in [6, 6.07) is 2.13. The van der Waals surface area contributed by atoms with Crippen molar-refractivity contribution in [2.24, 2.45) is 11.8 Å². The Bertz CT molecular complexity index is 377. The van der Waals surface area contributed by atoms with Gasteiger partial charge >= 0.3 is 0 Å². The van der Waals surface area contributed by atoms with Gasteiger partial charge in [0, 0.05) is 5.57 Å². The van der Waals surface area contributed by atoms with Crippen LogP contribution in [0.25, 0.3) is 0 Å². The van der Waals surface area contributed by atoms with Gasteiger partial charge in [-0.25, -0.2) is 0 Å². The number of rotatable bonds is 4. The summed E-state index contributed by atoms with van der Waals surface area (Å²) in [5.41, 5.74) is 3.38. The third-order valence-corrected chi connectivity index (χ3v) is 3.31. The summed E-state index contributed by atoms with van der Waals surface area (Å²) in [5.74, 6) is 1.27. The highest BCUT2D eigenvalue weighted by molar-refractivity contribution is 5.44. The molecule has 0 saturated heterocycles. The van der Waals surface area contributed by atoms with E-state index >= 15 is 0 Å². The standard InChI is InChI=1S/C16H23N/c1-5-14-7-6-8-15(9-12(2)3)16(14)10-13(4)11-17/h8,10,12,14H,4-7,9H2,1-3H3/b16-10+. The van der Waals surface area contributed by atoms with Crippen molar-refractivity contribution in [1.29, 1.82) is 5.26 Å². The predicted molar refractivity (Wildman–Crippen MR) is 73.4 cm³/mol. The van der Waals surface area contributed by atoms with Gasteiger partial charge in [-0.1, -0.05) is 33.4 Å². The van der Waals surface area contributed by atoms with Gasteiger partial charge in [0.05, 0.1) is 6.07 Å². The van der Waals surface area contributed by atoms with Crippen molar-refractivity contribution in [1.82, 2.24) is 0 Å². The normalized spacial score (nSPS) is 22.4. The van der Waals surface area contributed by atoms with E-state index in [1.807, 2.05) is 6.08 Å². The van der Waals surface area contributed by atoms with Crippen LogP contribution in [0.4, 0.5) is 0 Å². The molecule has 92 valence electrons. The van der Waals surface area contributed by atoms with Crippen LogP contribution in [0.2, 0.25) is 0 Å². The summed E-state index contributed by atoms with van der Waals surface area (Å²) in [7, 11) is 0. The van der Waals surface area contributed by atoms with Crippen LogP contribution in [0.5, 0.6) is 0 Å². The lowest BCUT2D eigenvalue weighted by atomic mass is 9.78. The Morgan fingerprint density at radius 2 is 2.35 bits per heavy atom. The van der Waals surface area contributed by atoms with Crippen molar-refractivity contribution in [2.45, 2.75) is 46.5 Å². The molecule has 0 aromatic heterocycles. The lowest BCUT2D eigenvalue weighted by Crippen LogP contribution is -2.12. The molecule has 0 amide bonds. The Morgan fingerprint density at radius 1 is 1.65 bits per heavy atom. The van der Waals surface area contributed by atoms with E-state index in [1.54, 1.807) is 0 Å². The first-order valence-corrected chi connectivity index (χ1v) is 6.58. The molecule has 0 fully saturated rings. The third kappa shape index (κ3) is 3.89. The van der Waals surface area contributed by atoms with Gasteiger partial charge in [-0.05, 0) is 54.7 Å². The van der Waals surface area contributed by atoms with E-state index in [0.29, 0.717) is 17.4 Å². The van der Waals surface area contributed by atoms with E-state index in [2.05, 4.69) is 39.5 Å². The first kappa shape index (κ1) is 13.8. The molecule has 0 aliphatic heterocycles. The van der Waals surface area contributed by atoms with E-state index in [9.17, 15) is 0 Å². The number of allylic oxidation sites excluding steroid dienone is 5. The average molecular weight is 229 g/mol. The second kappa shape index (κ2) is 6.45. The number of hydrogen-bond donors (Lipinski definition) is 0. The fourth-order valence-corrected chi connectivity index (χ4v) is 2.49. The Labute approximate surface area is 106 Å². The number of hydrogen-bond acceptors (Lipinski definition) is 1. The molecule has 1 unspecified atom stereocenters. The fraction of sp³-hybridized carbons (Fsp3) is 0.562. The minimum atomic E-state index is 0.579. The Kier molecular flexibility index (Phi) is 5.22. The fourth-order valence-electron chi connectivity index (χ4n) is 2.49. The van der Waals surface area contributed by atoms with Gasteiger partial charge in [0.2, 0.25) is 0 Å². The lowest BCUT2D eigenvalue weighted by molar-refractivity contribution is 0.517. The van der Waals surface area contributed by atoms with E-state index < -0.39 is 0 Å². The van der Waals surface area contributed by atoms with Gasteiger partial charge in [-0.3, -0.25) is 0 Å². The maximum absolute atomic E-state index is 8.88. The predicted octanol–water partition coefficient (Wildman–Crippen LogP) is 4.79. The van der Waals surface area contributed by atoms with Crippen LogP contribution in [0, 0.1) is 23.2 Å². The van der Waals surface area contributed by atoms with Crippen molar-refractivity contribution < 1.29 is 0 Å². The highest BCUT2D eigenvalue weighted by atomic mass is 14.3. The summed E-state index contributed by atoms with van der Waals surface area (Å²) in [6.45, 7) is 10.5. The zero-order chi connectivity index (χ0) is 12.8. The highest BCUT2D eigenvalue weighted by Gasteiger charge is 2.20. The number of nitrogens with zero attached hydrogens (tertiary/aromatic N) is 1. The smallest absolute Gasteiger partial charge is 0.0985 e. The minimum Gasteiger partial charge on any atom is -0.192 e. The Balaban J connectivity index is 3.00. The molecule has 0 radical (unpaired) electrons. The monoisotopic (exact) mass is 229 g/mol. The minimum absolute atomic E-state index is 0.579. The molecule has 1 nitrogen and oxygen atoms in total. The largest absolute Gasteiger partial charge is 0.192 e. The van der Waals surface area contributed by atoms with Crippen LogP contribution in [0.15, 0.2) is 35.5 Å². The molecule has 0 aromatic rings. The van der Waals surface area contributed by atoms with Crippen molar-refractivity contribution in [3.8, 4) is 6.07 Å². The van der Waals surface area contributed by atoms with Crippen LogP contribution in [-0.2, 0) is 0 Å². The van der Waals surface area contributed by atoms with E-state index in [0.717, 1.165) is 12.8 Å². The number of nitriles is 1. The molecule has 0 spiro atoms. The molecule has 1 aliphatic rings. The van der Waals surface area contributed by atoms with Gasteiger partial charge in [0.25, 0.3) is 0 Å².